The summed E-state index contributed by atoms with van der Waals surface area (Å²) in [5.74, 6) is 1.23. The van der Waals surface area contributed by atoms with E-state index in [0.29, 0.717) is 18.3 Å². The average Bonchev–Trinajstić information content (AvgIpc) is 2.70. The lowest BCUT2D eigenvalue weighted by atomic mass is 10.2. The standard InChI is InChI=1S/C9H16O3S/c10-4-3-7-6-11-9(12-7)8-2-1-5-13-8/h7-10H,1-6H2. The highest BCUT2D eigenvalue weighted by molar-refractivity contribution is 8.00. The third-order valence-electron chi connectivity index (χ3n) is 2.49. The van der Waals surface area contributed by atoms with Crippen LogP contribution in [0.15, 0.2) is 0 Å². The van der Waals surface area contributed by atoms with Crippen molar-refractivity contribution >= 4 is 11.8 Å². The van der Waals surface area contributed by atoms with Crippen molar-refractivity contribution in [1.82, 2.24) is 0 Å². The molecule has 2 fully saturated rings. The SMILES string of the molecule is OCCC1COC(C2CCCS2)O1. The smallest absolute Gasteiger partial charge is 0.169 e. The Morgan fingerprint density at radius 1 is 1.46 bits per heavy atom. The van der Waals surface area contributed by atoms with E-state index in [9.17, 15) is 0 Å². The lowest BCUT2D eigenvalue weighted by Crippen LogP contribution is -2.23. The molecule has 3 atom stereocenters. The van der Waals surface area contributed by atoms with Gasteiger partial charge in [-0.1, -0.05) is 0 Å². The maximum absolute atomic E-state index is 8.74. The molecule has 0 amide bonds. The fraction of sp³-hybridized carbons (Fsp3) is 1.00. The molecule has 4 heteroatoms. The molecule has 2 heterocycles. The van der Waals surface area contributed by atoms with Gasteiger partial charge in [0.05, 0.1) is 18.0 Å². The molecule has 2 aliphatic rings. The van der Waals surface area contributed by atoms with Crippen LogP contribution in [-0.4, -0.2) is 41.7 Å². The van der Waals surface area contributed by atoms with Crippen molar-refractivity contribution in [3.05, 3.63) is 0 Å². The first-order valence-corrected chi connectivity index (χ1v) is 5.94. The molecule has 0 spiro atoms. The molecule has 76 valence electrons. The number of thioether (sulfide) groups is 1. The summed E-state index contributed by atoms with van der Waals surface area (Å²) < 4.78 is 11.2. The Hall–Kier alpha value is 0.230. The van der Waals surface area contributed by atoms with E-state index in [1.54, 1.807) is 0 Å². The molecular formula is C9H16O3S. The highest BCUT2D eigenvalue weighted by atomic mass is 32.2. The quantitative estimate of drug-likeness (QED) is 0.744. The summed E-state index contributed by atoms with van der Waals surface area (Å²) in [6, 6.07) is 0. The van der Waals surface area contributed by atoms with Crippen LogP contribution in [0.4, 0.5) is 0 Å². The van der Waals surface area contributed by atoms with Gasteiger partial charge in [-0.15, -0.1) is 0 Å². The van der Waals surface area contributed by atoms with E-state index in [4.69, 9.17) is 14.6 Å². The monoisotopic (exact) mass is 204 g/mol. The third-order valence-corrected chi connectivity index (χ3v) is 3.90. The Bertz CT molecular complexity index is 159. The van der Waals surface area contributed by atoms with Gasteiger partial charge in [-0.3, -0.25) is 0 Å². The van der Waals surface area contributed by atoms with Crippen molar-refractivity contribution in [1.29, 1.82) is 0 Å². The largest absolute Gasteiger partial charge is 0.396 e. The Morgan fingerprint density at radius 2 is 2.38 bits per heavy atom. The van der Waals surface area contributed by atoms with Crippen molar-refractivity contribution in [2.45, 2.75) is 36.9 Å². The number of aliphatic hydroxyl groups is 1. The highest BCUT2D eigenvalue weighted by Gasteiger charge is 2.34. The van der Waals surface area contributed by atoms with E-state index in [1.807, 2.05) is 11.8 Å². The molecule has 13 heavy (non-hydrogen) atoms. The van der Waals surface area contributed by atoms with Gasteiger partial charge in [-0.2, -0.15) is 11.8 Å². The van der Waals surface area contributed by atoms with Crippen molar-refractivity contribution < 1.29 is 14.6 Å². The molecule has 2 rings (SSSR count). The molecule has 2 saturated heterocycles. The van der Waals surface area contributed by atoms with Crippen LogP contribution in [0.2, 0.25) is 0 Å². The zero-order valence-electron chi connectivity index (χ0n) is 7.65. The summed E-state index contributed by atoms with van der Waals surface area (Å²) in [7, 11) is 0. The van der Waals surface area contributed by atoms with Crippen molar-refractivity contribution in [2.75, 3.05) is 19.0 Å². The second-order valence-electron chi connectivity index (χ2n) is 3.52. The van der Waals surface area contributed by atoms with Crippen LogP contribution in [0.3, 0.4) is 0 Å². The molecule has 3 nitrogen and oxygen atoms in total. The van der Waals surface area contributed by atoms with Gasteiger partial charge >= 0.3 is 0 Å². The van der Waals surface area contributed by atoms with Crippen molar-refractivity contribution in [2.24, 2.45) is 0 Å². The maximum atomic E-state index is 8.74. The first kappa shape index (κ1) is 9.77. The van der Waals surface area contributed by atoms with Crippen LogP contribution < -0.4 is 0 Å². The molecule has 0 aromatic carbocycles. The van der Waals surface area contributed by atoms with Crippen LogP contribution >= 0.6 is 11.8 Å². The number of hydrogen-bond donors (Lipinski definition) is 1. The Labute approximate surface area is 82.8 Å². The predicted molar refractivity (Wildman–Crippen MR) is 51.8 cm³/mol. The zero-order valence-corrected chi connectivity index (χ0v) is 8.46. The molecule has 0 aliphatic carbocycles. The zero-order chi connectivity index (χ0) is 9.10. The van der Waals surface area contributed by atoms with E-state index < -0.39 is 0 Å². The van der Waals surface area contributed by atoms with Crippen LogP contribution in [0.5, 0.6) is 0 Å². The molecule has 0 saturated carbocycles. The van der Waals surface area contributed by atoms with Crippen LogP contribution in [-0.2, 0) is 9.47 Å². The topological polar surface area (TPSA) is 38.7 Å². The van der Waals surface area contributed by atoms with Crippen LogP contribution in [0.25, 0.3) is 0 Å². The van der Waals surface area contributed by atoms with Crippen LogP contribution in [0.1, 0.15) is 19.3 Å². The second-order valence-corrected chi connectivity index (χ2v) is 4.87. The van der Waals surface area contributed by atoms with Crippen LogP contribution in [0, 0.1) is 0 Å². The van der Waals surface area contributed by atoms with E-state index in [-0.39, 0.29) is 19.0 Å². The summed E-state index contributed by atoms with van der Waals surface area (Å²) in [5.41, 5.74) is 0. The Balaban J connectivity index is 1.76. The molecule has 0 aromatic heterocycles. The third kappa shape index (κ3) is 2.37. The summed E-state index contributed by atoms with van der Waals surface area (Å²) in [6.45, 7) is 0.848. The maximum Gasteiger partial charge on any atom is 0.169 e. The van der Waals surface area contributed by atoms with E-state index >= 15 is 0 Å². The number of aliphatic hydroxyl groups excluding tert-OH is 1. The first-order valence-electron chi connectivity index (χ1n) is 4.89. The van der Waals surface area contributed by atoms with Gasteiger partial charge in [0.2, 0.25) is 0 Å². The van der Waals surface area contributed by atoms with E-state index in [2.05, 4.69) is 0 Å². The van der Waals surface area contributed by atoms with Gasteiger partial charge in [0, 0.05) is 6.61 Å². The summed E-state index contributed by atoms with van der Waals surface area (Å²) in [4.78, 5) is 0. The van der Waals surface area contributed by atoms with E-state index in [1.165, 1.54) is 18.6 Å². The highest BCUT2D eigenvalue weighted by Crippen LogP contribution is 2.33. The van der Waals surface area contributed by atoms with Gasteiger partial charge in [0.15, 0.2) is 6.29 Å². The Kier molecular flexibility index (Phi) is 3.49. The summed E-state index contributed by atoms with van der Waals surface area (Å²) >= 11 is 1.95. The number of hydrogen-bond acceptors (Lipinski definition) is 4. The number of ether oxygens (including phenoxy) is 2. The fourth-order valence-corrected chi connectivity index (χ4v) is 3.05. The normalized spacial score (nSPS) is 39.9. The van der Waals surface area contributed by atoms with Gasteiger partial charge in [-0.25, -0.2) is 0 Å². The first-order chi connectivity index (χ1) is 6.40. The minimum atomic E-state index is -0.0101. The average molecular weight is 204 g/mol. The molecule has 2 aliphatic heterocycles. The molecule has 1 N–H and O–H groups in total. The summed E-state index contributed by atoms with van der Waals surface area (Å²) in [5, 5.41) is 9.27. The van der Waals surface area contributed by atoms with Gasteiger partial charge in [0.1, 0.15) is 0 Å². The lowest BCUT2D eigenvalue weighted by Gasteiger charge is -2.16. The molecular weight excluding hydrogens is 188 g/mol. The van der Waals surface area contributed by atoms with E-state index in [0.717, 1.165) is 0 Å². The van der Waals surface area contributed by atoms with Crippen molar-refractivity contribution in [3.63, 3.8) is 0 Å². The minimum absolute atomic E-state index is 0.0101. The second kappa shape index (κ2) is 4.64. The predicted octanol–water partition coefficient (Wildman–Crippen LogP) is 1.01. The van der Waals surface area contributed by atoms with Gasteiger partial charge < -0.3 is 14.6 Å². The van der Waals surface area contributed by atoms with Gasteiger partial charge in [0.25, 0.3) is 0 Å². The van der Waals surface area contributed by atoms with Crippen molar-refractivity contribution in [3.8, 4) is 0 Å². The Morgan fingerprint density at radius 3 is 3.08 bits per heavy atom. The molecule has 0 radical (unpaired) electrons. The fourth-order valence-electron chi connectivity index (χ4n) is 1.78. The minimum Gasteiger partial charge on any atom is -0.396 e. The molecule has 0 bridgehead atoms. The van der Waals surface area contributed by atoms with Gasteiger partial charge in [-0.05, 0) is 25.0 Å². The molecule has 0 aromatic rings. The number of rotatable bonds is 3. The lowest BCUT2D eigenvalue weighted by molar-refractivity contribution is -0.0598. The molecule has 3 unspecified atom stereocenters. The summed E-state index contributed by atoms with van der Waals surface area (Å²) in [6.07, 6.45) is 3.30.